The number of aliphatic hydroxyl groups excluding tert-OH is 1. The smallest absolute Gasteiger partial charge is 0.290 e. The second-order valence-corrected chi connectivity index (χ2v) is 5.25. The fourth-order valence-electron chi connectivity index (χ4n) is 1.80. The van der Waals surface area contributed by atoms with Gasteiger partial charge in [0.25, 0.3) is 5.91 Å². The Kier molecular flexibility index (Phi) is 5.13. The number of nitrogens with one attached hydrogen (secondary N) is 1. The molecule has 0 heterocycles. The van der Waals surface area contributed by atoms with Gasteiger partial charge < -0.3 is 10.4 Å². The second kappa shape index (κ2) is 7.07. The van der Waals surface area contributed by atoms with Gasteiger partial charge in [-0.3, -0.25) is 9.59 Å². The molecule has 2 rings (SSSR count). The topological polar surface area (TPSA) is 66.4 Å². The third kappa shape index (κ3) is 4.40. The molecule has 0 aliphatic carbocycles. The van der Waals surface area contributed by atoms with Crippen molar-refractivity contribution in [1.82, 2.24) is 0 Å². The van der Waals surface area contributed by atoms with E-state index in [-0.39, 0.29) is 5.56 Å². The summed E-state index contributed by atoms with van der Waals surface area (Å²) in [6, 6.07) is 9.68. The molecule has 2 N–H and O–H groups in total. The van der Waals surface area contributed by atoms with Gasteiger partial charge in [-0.1, -0.05) is 17.7 Å². The van der Waals surface area contributed by atoms with Crippen molar-refractivity contribution in [2.75, 3.05) is 5.32 Å². The number of allylic oxidation sites excluding steroid dienone is 1. The number of anilines is 1. The van der Waals surface area contributed by atoms with Crippen molar-refractivity contribution in [2.45, 2.75) is 6.92 Å². The number of amides is 1. The lowest BCUT2D eigenvalue weighted by atomic mass is 10.1. The van der Waals surface area contributed by atoms with Crippen molar-refractivity contribution >= 4 is 29.0 Å². The van der Waals surface area contributed by atoms with Crippen LogP contribution in [0.3, 0.4) is 0 Å². The number of hydrogen-bond donors (Lipinski definition) is 2. The van der Waals surface area contributed by atoms with Crippen molar-refractivity contribution in [3.05, 3.63) is 76.3 Å². The van der Waals surface area contributed by atoms with E-state index in [1.807, 2.05) is 0 Å². The highest BCUT2D eigenvalue weighted by atomic mass is 35.5. The molecule has 0 unspecified atom stereocenters. The zero-order valence-electron chi connectivity index (χ0n) is 12.1. The first-order valence-electron chi connectivity index (χ1n) is 6.65. The van der Waals surface area contributed by atoms with Gasteiger partial charge in [0.1, 0.15) is 5.82 Å². The molecule has 118 valence electrons. The van der Waals surface area contributed by atoms with Gasteiger partial charge >= 0.3 is 0 Å². The number of benzene rings is 2. The third-order valence-electron chi connectivity index (χ3n) is 3.08. The van der Waals surface area contributed by atoms with Crippen molar-refractivity contribution in [2.24, 2.45) is 0 Å². The first kappa shape index (κ1) is 16.7. The van der Waals surface area contributed by atoms with E-state index in [9.17, 15) is 19.1 Å². The van der Waals surface area contributed by atoms with Gasteiger partial charge in [0.2, 0.25) is 0 Å². The maximum Gasteiger partial charge on any atom is 0.290 e. The fourth-order valence-corrected chi connectivity index (χ4v) is 1.97. The Morgan fingerprint density at radius 1 is 1.17 bits per heavy atom. The Morgan fingerprint density at radius 3 is 2.48 bits per heavy atom. The van der Waals surface area contributed by atoms with E-state index < -0.39 is 23.3 Å². The molecule has 0 saturated heterocycles. The average Bonchev–Trinajstić information content (AvgIpc) is 2.51. The van der Waals surface area contributed by atoms with E-state index in [4.69, 9.17) is 11.6 Å². The predicted octanol–water partition coefficient (Wildman–Crippen LogP) is 4.05. The van der Waals surface area contributed by atoms with Gasteiger partial charge in [0.15, 0.2) is 11.5 Å². The van der Waals surface area contributed by atoms with Crippen molar-refractivity contribution in [3.63, 3.8) is 0 Å². The Labute approximate surface area is 137 Å². The third-order valence-corrected chi connectivity index (χ3v) is 3.31. The maximum absolute atomic E-state index is 12.8. The zero-order valence-corrected chi connectivity index (χ0v) is 12.9. The normalized spacial score (nSPS) is 11.2. The molecule has 0 radical (unpaired) electrons. The number of ketones is 1. The van der Waals surface area contributed by atoms with E-state index in [1.165, 1.54) is 18.2 Å². The molecule has 0 aliphatic heterocycles. The van der Waals surface area contributed by atoms with E-state index in [0.717, 1.165) is 23.8 Å². The van der Waals surface area contributed by atoms with Gasteiger partial charge in [-0.05, 0) is 48.9 Å². The standard InChI is InChI=1S/C17H13ClFNO3/c1-10-2-5-12(18)8-14(10)20-17(23)16(22)9-15(21)11-3-6-13(19)7-4-11/h2-9,22H,1H3,(H,20,23)/b16-9-. The van der Waals surface area contributed by atoms with Gasteiger partial charge in [0, 0.05) is 22.3 Å². The van der Waals surface area contributed by atoms with Gasteiger partial charge in [-0.15, -0.1) is 0 Å². The largest absolute Gasteiger partial charge is 0.503 e. The molecule has 0 spiro atoms. The molecule has 23 heavy (non-hydrogen) atoms. The van der Waals surface area contributed by atoms with E-state index in [0.29, 0.717) is 10.7 Å². The lowest BCUT2D eigenvalue weighted by Gasteiger charge is -2.08. The highest BCUT2D eigenvalue weighted by molar-refractivity contribution is 6.31. The first-order chi connectivity index (χ1) is 10.9. The van der Waals surface area contributed by atoms with Crippen LogP contribution in [0.25, 0.3) is 0 Å². The van der Waals surface area contributed by atoms with Gasteiger partial charge in [0.05, 0.1) is 0 Å². The van der Waals surface area contributed by atoms with Gasteiger partial charge in [-0.2, -0.15) is 0 Å². The van der Waals surface area contributed by atoms with Crippen molar-refractivity contribution in [3.8, 4) is 0 Å². The quantitative estimate of drug-likeness (QED) is 0.504. The Bertz CT molecular complexity index is 785. The second-order valence-electron chi connectivity index (χ2n) is 4.81. The van der Waals surface area contributed by atoms with Gasteiger partial charge in [-0.25, -0.2) is 4.39 Å². The van der Waals surface area contributed by atoms with Crippen LogP contribution >= 0.6 is 11.6 Å². The van der Waals surface area contributed by atoms with Crippen LogP contribution in [0.4, 0.5) is 10.1 Å². The van der Waals surface area contributed by atoms with Crippen LogP contribution in [0.15, 0.2) is 54.3 Å². The molecule has 6 heteroatoms. The molecule has 0 bridgehead atoms. The van der Waals surface area contributed by atoms with Crippen LogP contribution in [-0.2, 0) is 4.79 Å². The molecule has 0 saturated carbocycles. The van der Waals surface area contributed by atoms with Crippen LogP contribution in [-0.4, -0.2) is 16.8 Å². The fraction of sp³-hybridized carbons (Fsp3) is 0.0588. The maximum atomic E-state index is 12.8. The van der Waals surface area contributed by atoms with Crippen LogP contribution < -0.4 is 5.32 Å². The molecule has 2 aromatic carbocycles. The number of carbonyl (C=O) groups is 2. The van der Waals surface area contributed by atoms with E-state index in [2.05, 4.69) is 5.32 Å². The van der Waals surface area contributed by atoms with Crippen molar-refractivity contribution < 1.29 is 19.1 Å². The molecule has 0 aromatic heterocycles. The average molecular weight is 334 g/mol. The minimum absolute atomic E-state index is 0.157. The van der Waals surface area contributed by atoms with Crippen LogP contribution in [0.5, 0.6) is 0 Å². The summed E-state index contributed by atoms with van der Waals surface area (Å²) in [7, 11) is 0. The summed E-state index contributed by atoms with van der Waals surface area (Å²) in [5.41, 5.74) is 1.33. The van der Waals surface area contributed by atoms with Crippen LogP contribution in [0, 0.1) is 12.7 Å². The summed E-state index contributed by atoms with van der Waals surface area (Å²) in [6.45, 7) is 1.76. The Morgan fingerprint density at radius 2 is 1.83 bits per heavy atom. The van der Waals surface area contributed by atoms with Crippen LogP contribution in [0.2, 0.25) is 5.02 Å². The molecule has 4 nitrogen and oxygen atoms in total. The minimum Gasteiger partial charge on any atom is -0.503 e. The Balaban J connectivity index is 2.13. The molecule has 0 atom stereocenters. The lowest BCUT2D eigenvalue weighted by Crippen LogP contribution is -2.16. The molecular formula is C17H13ClFNO3. The Hall–Kier alpha value is -2.66. The SMILES string of the molecule is Cc1ccc(Cl)cc1NC(=O)/C(O)=C/C(=O)c1ccc(F)cc1. The summed E-state index contributed by atoms with van der Waals surface area (Å²) in [6.07, 6.45) is 0.780. The number of hydrogen-bond acceptors (Lipinski definition) is 3. The number of carbonyl (C=O) groups excluding carboxylic acids is 2. The van der Waals surface area contributed by atoms with Crippen LogP contribution in [0.1, 0.15) is 15.9 Å². The summed E-state index contributed by atoms with van der Waals surface area (Å²) < 4.78 is 12.8. The molecule has 0 aliphatic rings. The minimum atomic E-state index is -0.842. The summed E-state index contributed by atoms with van der Waals surface area (Å²) in [5.74, 6) is -2.69. The zero-order chi connectivity index (χ0) is 17.0. The van der Waals surface area contributed by atoms with E-state index in [1.54, 1.807) is 19.1 Å². The molecule has 1 amide bonds. The summed E-state index contributed by atoms with van der Waals surface area (Å²) in [5, 5.41) is 12.6. The number of rotatable bonds is 4. The summed E-state index contributed by atoms with van der Waals surface area (Å²) >= 11 is 5.84. The number of halogens is 2. The van der Waals surface area contributed by atoms with Crippen molar-refractivity contribution in [1.29, 1.82) is 0 Å². The molecule has 0 fully saturated rings. The highest BCUT2D eigenvalue weighted by Crippen LogP contribution is 2.20. The monoisotopic (exact) mass is 333 g/mol. The molecule has 2 aromatic rings. The lowest BCUT2D eigenvalue weighted by molar-refractivity contribution is -0.115. The predicted molar refractivity (Wildman–Crippen MR) is 86.3 cm³/mol. The number of aliphatic hydroxyl groups is 1. The summed E-state index contributed by atoms with van der Waals surface area (Å²) in [4.78, 5) is 23.8. The number of aryl methyl sites for hydroxylation is 1. The van der Waals surface area contributed by atoms with E-state index >= 15 is 0 Å². The first-order valence-corrected chi connectivity index (χ1v) is 7.02. The highest BCUT2D eigenvalue weighted by Gasteiger charge is 2.13. The molecular weight excluding hydrogens is 321 g/mol.